The maximum atomic E-state index is 5.14. The molecule has 18 heavy (non-hydrogen) atoms. The summed E-state index contributed by atoms with van der Waals surface area (Å²) < 4.78 is 6.10. The average molecular weight is 380 g/mol. The van der Waals surface area contributed by atoms with Gasteiger partial charge in [-0.05, 0) is 17.8 Å². The SMILES string of the molecule is C=C1C(Br)=C[C-]=C(c2ccc(OC)cc2)N1C.[Y]. The number of benzene rings is 1. The van der Waals surface area contributed by atoms with E-state index in [0.717, 1.165) is 27.2 Å². The molecule has 4 heteroatoms. The molecule has 0 saturated carbocycles. The van der Waals surface area contributed by atoms with Gasteiger partial charge < -0.3 is 9.64 Å². The van der Waals surface area contributed by atoms with E-state index in [1.54, 1.807) is 7.11 Å². The van der Waals surface area contributed by atoms with Crippen molar-refractivity contribution in [3.8, 4) is 5.75 Å². The number of methoxy groups -OCH3 is 1. The standard InChI is InChI=1S/C14H13BrNO.Y/c1-10-13(15)8-9-14(16(10)2)11-4-6-12(17-3)7-5-11;/h4-8H,1H2,2-3H3;/q-1;. The number of hydrogen-bond donors (Lipinski definition) is 0. The molecule has 0 saturated heterocycles. The van der Waals surface area contributed by atoms with Crippen LogP contribution in [0.2, 0.25) is 0 Å². The summed E-state index contributed by atoms with van der Waals surface area (Å²) in [7, 11) is 3.64. The number of halogens is 1. The molecule has 0 N–H and O–H groups in total. The molecule has 0 unspecified atom stereocenters. The third kappa shape index (κ3) is 3.14. The molecule has 91 valence electrons. The molecule has 2 rings (SSSR count). The van der Waals surface area contributed by atoms with E-state index in [0.29, 0.717) is 0 Å². The molecule has 1 aliphatic rings. The fourth-order valence-electron chi connectivity index (χ4n) is 1.63. The summed E-state index contributed by atoms with van der Waals surface area (Å²) in [5, 5.41) is 0. The Morgan fingerprint density at radius 1 is 1.28 bits per heavy atom. The maximum Gasteiger partial charge on any atom is 0.116 e. The Balaban J connectivity index is 0.00000162. The van der Waals surface area contributed by atoms with Gasteiger partial charge in [-0.3, -0.25) is 0 Å². The number of likely N-dealkylation sites (N-methyl/N-ethyl adjacent to an activating group) is 1. The molecule has 1 aliphatic heterocycles. The second-order valence-electron chi connectivity index (χ2n) is 3.72. The van der Waals surface area contributed by atoms with Crippen LogP contribution in [-0.4, -0.2) is 19.1 Å². The third-order valence-corrected chi connectivity index (χ3v) is 3.40. The van der Waals surface area contributed by atoms with E-state index in [1.807, 2.05) is 42.3 Å². The van der Waals surface area contributed by atoms with E-state index >= 15 is 0 Å². The first-order valence-electron chi connectivity index (χ1n) is 5.20. The minimum Gasteiger partial charge on any atom is -0.497 e. The summed E-state index contributed by atoms with van der Waals surface area (Å²) in [4.78, 5) is 2.01. The van der Waals surface area contributed by atoms with Gasteiger partial charge in [-0.15, -0.1) is 28.1 Å². The summed E-state index contributed by atoms with van der Waals surface area (Å²) in [6, 6.07) is 7.90. The number of nitrogens with zero attached hydrogens (tertiary/aromatic N) is 1. The van der Waals surface area contributed by atoms with Crippen molar-refractivity contribution in [3.05, 3.63) is 58.7 Å². The van der Waals surface area contributed by atoms with Gasteiger partial charge in [-0.2, -0.15) is 12.2 Å². The molecule has 1 heterocycles. The third-order valence-electron chi connectivity index (χ3n) is 2.72. The average Bonchev–Trinajstić information content (AvgIpc) is 2.36. The van der Waals surface area contributed by atoms with Crippen molar-refractivity contribution in [1.82, 2.24) is 4.90 Å². The van der Waals surface area contributed by atoms with Gasteiger partial charge in [0.25, 0.3) is 0 Å². The molecular weight excluding hydrogens is 367 g/mol. The van der Waals surface area contributed by atoms with Crippen LogP contribution in [0.25, 0.3) is 5.70 Å². The number of ether oxygens (including phenoxy) is 1. The molecule has 0 aliphatic carbocycles. The monoisotopic (exact) mass is 379 g/mol. The van der Waals surface area contributed by atoms with Crippen LogP contribution >= 0.6 is 15.9 Å². The zero-order valence-corrected chi connectivity index (χ0v) is 14.8. The molecule has 0 spiro atoms. The molecule has 0 bridgehead atoms. The van der Waals surface area contributed by atoms with Crippen LogP contribution in [-0.2, 0) is 32.7 Å². The second kappa shape index (κ2) is 6.69. The first kappa shape index (κ1) is 15.7. The van der Waals surface area contributed by atoms with Gasteiger partial charge in [0.15, 0.2) is 0 Å². The first-order valence-corrected chi connectivity index (χ1v) is 5.99. The van der Waals surface area contributed by atoms with Crippen molar-refractivity contribution in [1.29, 1.82) is 0 Å². The van der Waals surface area contributed by atoms with Crippen LogP contribution in [0.5, 0.6) is 5.75 Å². The summed E-state index contributed by atoms with van der Waals surface area (Å²) in [6.45, 7) is 4.01. The van der Waals surface area contributed by atoms with Crippen molar-refractivity contribution < 1.29 is 37.4 Å². The van der Waals surface area contributed by atoms with Gasteiger partial charge in [0.05, 0.1) is 7.11 Å². The summed E-state index contributed by atoms with van der Waals surface area (Å²) in [6.07, 6.45) is 5.13. The predicted octanol–water partition coefficient (Wildman–Crippen LogP) is 3.57. The van der Waals surface area contributed by atoms with Crippen molar-refractivity contribution in [2.45, 2.75) is 0 Å². The van der Waals surface area contributed by atoms with E-state index < -0.39 is 0 Å². The van der Waals surface area contributed by atoms with Crippen LogP contribution in [0.4, 0.5) is 0 Å². The molecule has 0 fully saturated rings. The predicted molar refractivity (Wildman–Crippen MR) is 73.6 cm³/mol. The summed E-state index contributed by atoms with van der Waals surface area (Å²) in [5.74, 6) is 0.850. The van der Waals surface area contributed by atoms with E-state index in [-0.39, 0.29) is 32.7 Å². The summed E-state index contributed by atoms with van der Waals surface area (Å²) in [5.41, 5.74) is 3.01. The Labute approximate surface area is 141 Å². The number of allylic oxidation sites excluding steroid dienone is 3. The van der Waals surface area contributed by atoms with Crippen LogP contribution < -0.4 is 4.74 Å². The molecule has 2 nitrogen and oxygen atoms in total. The molecule has 1 aromatic carbocycles. The van der Waals surface area contributed by atoms with Crippen LogP contribution in [0.1, 0.15) is 5.56 Å². The van der Waals surface area contributed by atoms with Gasteiger partial charge in [-0.1, -0.05) is 22.3 Å². The Bertz CT molecular complexity index is 505. The van der Waals surface area contributed by atoms with Crippen molar-refractivity contribution in [2.24, 2.45) is 0 Å². The van der Waals surface area contributed by atoms with E-state index in [2.05, 4.69) is 28.6 Å². The quantitative estimate of drug-likeness (QED) is 0.728. The minimum atomic E-state index is 0. The van der Waals surface area contributed by atoms with Crippen molar-refractivity contribution in [3.63, 3.8) is 0 Å². The first-order chi connectivity index (χ1) is 8.13. The van der Waals surface area contributed by atoms with Crippen LogP contribution in [0, 0.1) is 6.08 Å². The Hall–Kier alpha value is -0.376. The van der Waals surface area contributed by atoms with Gasteiger partial charge in [0.1, 0.15) is 5.75 Å². The Kier molecular flexibility index (Phi) is 5.83. The fourth-order valence-corrected chi connectivity index (χ4v) is 2.01. The Morgan fingerprint density at radius 2 is 1.89 bits per heavy atom. The normalized spacial score (nSPS) is 14.6. The smallest absolute Gasteiger partial charge is 0.116 e. The van der Waals surface area contributed by atoms with Gasteiger partial charge in [-0.25, -0.2) is 0 Å². The van der Waals surface area contributed by atoms with Crippen molar-refractivity contribution in [2.75, 3.05) is 14.2 Å². The van der Waals surface area contributed by atoms with Gasteiger partial charge in [0.2, 0.25) is 0 Å². The number of hydrogen-bond acceptors (Lipinski definition) is 2. The zero-order chi connectivity index (χ0) is 12.4. The molecule has 1 radical (unpaired) electrons. The van der Waals surface area contributed by atoms with E-state index in [1.165, 1.54) is 0 Å². The van der Waals surface area contributed by atoms with Crippen molar-refractivity contribution >= 4 is 21.6 Å². The number of rotatable bonds is 2. The van der Waals surface area contributed by atoms with Gasteiger partial charge in [0, 0.05) is 39.8 Å². The van der Waals surface area contributed by atoms with Gasteiger partial charge >= 0.3 is 0 Å². The van der Waals surface area contributed by atoms with Crippen LogP contribution in [0.15, 0.2) is 47.1 Å². The zero-order valence-electron chi connectivity index (χ0n) is 10.4. The van der Waals surface area contributed by atoms with E-state index in [9.17, 15) is 0 Å². The second-order valence-corrected chi connectivity index (χ2v) is 4.57. The largest absolute Gasteiger partial charge is 0.497 e. The minimum absolute atomic E-state index is 0. The topological polar surface area (TPSA) is 12.5 Å². The molecule has 0 atom stereocenters. The molecule has 1 aromatic rings. The van der Waals surface area contributed by atoms with Crippen LogP contribution in [0.3, 0.4) is 0 Å². The molecule has 0 amide bonds. The molecule has 0 aromatic heterocycles. The fraction of sp³-hybridized carbons (Fsp3) is 0.143. The maximum absolute atomic E-state index is 5.14. The van der Waals surface area contributed by atoms with E-state index in [4.69, 9.17) is 4.74 Å². The summed E-state index contributed by atoms with van der Waals surface area (Å²) >= 11 is 3.44. The Morgan fingerprint density at radius 3 is 2.44 bits per heavy atom. The molecular formula is C14H13BrNOY-.